The third kappa shape index (κ3) is 2.69. The van der Waals surface area contributed by atoms with Gasteiger partial charge in [-0.2, -0.15) is 0 Å². The van der Waals surface area contributed by atoms with Crippen LogP contribution in [0.2, 0.25) is 0 Å². The molecule has 26 heavy (non-hydrogen) atoms. The van der Waals surface area contributed by atoms with E-state index >= 15 is 0 Å². The summed E-state index contributed by atoms with van der Waals surface area (Å²) in [6, 6.07) is 6.31. The van der Waals surface area contributed by atoms with Gasteiger partial charge in [-0.1, -0.05) is 12.1 Å². The summed E-state index contributed by atoms with van der Waals surface area (Å²) in [4.78, 5) is 31.9. The number of carbonyl (C=O) groups excluding carboxylic acids is 1. The number of nitrogens with one attached hydrogen (secondary N) is 1. The van der Waals surface area contributed by atoms with Crippen LogP contribution in [0.1, 0.15) is 24.6 Å². The van der Waals surface area contributed by atoms with Crippen molar-refractivity contribution in [1.29, 1.82) is 0 Å². The van der Waals surface area contributed by atoms with Gasteiger partial charge in [0, 0.05) is 23.0 Å². The predicted octanol–water partition coefficient (Wildman–Crippen LogP) is 2.50. The van der Waals surface area contributed by atoms with Crippen molar-refractivity contribution in [2.45, 2.75) is 26.2 Å². The van der Waals surface area contributed by atoms with Gasteiger partial charge in [0.05, 0.1) is 18.2 Å². The zero-order chi connectivity index (χ0) is 18.3. The molecule has 6 nitrogen and oxygen atoms in total. The molecule has 1 unspecified atom stereocenters. The number of imidazole rings is 1. The lowest BCUT2D eigenvalue weighted by Crippen LogP contribution is -2.29. The number of hydrogen-bond donors (Lipinski definition) is 1. The Bertz CT molecular complexity index is 1050. The van der Waals surface area contributed by atoms with E-state index in [1.165, 1.54) is 16.7 Å². The number of halogens is 1. The summed E-state index contributed by atoms with van der Waals surface area (Å²) >= 11 is 0. The van der Waals surface area contributed by atoms with Crippen molar-refractivity contribution in [1.82, 2.24) is 14.4 Å². The normalized spacial score (nSPS) is 16.5. The number of hydrogen-bond acceptors (Lipinski definition) is 4. The van der Waals surface area contributed by atoms with Crippen molar-refractivity contribution in [3.8, 4) is 11.3 Å². The number of aryl methyl sites for hydroxylation is 1. The summed E-state index contributed by atoms with van der Waals surface area (Å²) < 4.78 is 20.6. The molecule has 0 fully saturated rings. The predicted molar refractivity (Wildman–Crippen MR) is 93.4 cm³/mol. The first-order chi connectivity index (χ1) is 12.6. The third-order valence-electron chi connectivity index (χ3n) is 4.78. The highest BCUT2D eigenvalue weighted by Crippen LogP contribution is 2.29. The molecule has 0 bridgehead atoms. The Morgan fingerprint density at radius 1 is 1.42 bits per heavy atom. The summed E-state index contributed by atoms with van der Waals surface area (Å²) in [7, 11) is 0. The Balaban J connectivity index is 1.83. The van der Waals surface area contributed by atoms with Gasteiger partial charge in [-0.05, 0) is 38.3 Å². The third-order valence-corrected chi connectivity index (χ3v) is 4.78. The van der Waals surface area contributed by atoms with Gasteiger partial charge in [0.15, 0.2) is 0 Å². The molecule has 0 saturated heterocycles. The molecule has 0 saturated carbocycles. The molecule has 0 spiro atoms. The number of fused-ring (bicyclic) bond motifs is 3. The molecule has 2 aromatic heterocycles. The number of esters is 1. The van der Waals surface area contributed by atoms with Gasteiger partial charge in [-0.25, -0.2) is 14.2 Å². The molecule has 0 radical (unpaired) electrons. The molecule has 2 heterocycles. The van der Waals surface area contributed by atoms with Crippen LogP contribution in [0.15, 0.2) is 35.3 Å². The largest absolute Gasteiger partial charge is 0.466 e. The number of aromatic amines is 1. The molecule has 1 N–H and O–H groups in total. The first-order valence-electron chi connectivity index (χ1n) is 8.63. The van der Waals surface area contributed by atoms with Crippen LogP contribution in [-0.4, -0.2) is 26.9 Å². The Kier molecular flexibility index (Phi) is 4.06. The van der Waals surface area contributed by atoms with Crippen molar-refractivity contribution in [2.24, 2.45) is 5.92 Å². The van der Waals surface area contributed by atoms with Crippen LogP contribution >= 0.6 is 0 Å². The van der Waals surface area contributed by atoms with Crippen molar-refractivity contribution >= 4 is 11.6 Å². The summed E-state index contributed by atoms with van der Waals surface area (Å²) in [6.07, 6.45) is 3.17. The second-order valence-corrected chi connectivity index (χ2v) is 6.38. The molecule has 1 aliphatic rings. The van der Waals surface area contributed by atoms with Crippen LogP contribution in [0, 0.1) is 11.7 Å². The van der Waals surface area contributed by atoms with E-state index in [2.05, 4.69) is 9.97 Å². The smallest absolute Gasteiger partial charge is 0.331 e. The maximum Gasteiger partial charge on any atom is 0.331 e. The van der Waals surface area contributed by atoms with Crippen LogP contribution in [0.5, 0.6) is 0 Å². The number of rotatable bonds is 3. The van der Waals surface area contributed by atoms with Gasteiger partial charge in [0.2, 0.25) is 0 Å². The van der Waals surface area contributed by atoms with Gasteiger partial charge in [-0.15, -0.1) is 0 Å². The van der Waals surface area contributed by atoms with Crippen molar-refractivity contribution in [3.05, 3.63) is 58.0 Å². The summed E-state index contributed by atoms with van der Waals surface area (Å²) in [5.74, 6) is -0.889. The van der Waals surface area contributed by atoms with E-state index in [1.807, 2.05) is 0 Å². The topological polar surface area (TPSA) is 76.5 Å². The van der Waals surface area contributed by atoms with Crippen LogP contribution in [0.25, 0.3) is 16.9 Å². The van der Waals surface area contributed by atoms with Crippen LogP contribution < -0.4 is 5.69 Å². The fourth-order valence-electron chi connectivity index (χ4n) is 3.50. The van der Waals surface area contributed by atoms with E-state index < -0.39 is 5.82 Å². The first kappa shape index (κ1) is 16.5. The standard InChI is InChI=1S/C19H18FN3O3/c1-2-26-18(24)11-7-8-15-13(9-11)17-21-16(10-23(17)19(25)22-15)12-5-3-4-6-14(12)20/h3-6,10-11H,2,7-9H2,1H3,(H,22,25). The molecule has 1 aromatic carbocycles. The summed E-state index contributed by atoms with van der Waals surface area (Å²) in [5.41, 5.74) is 2.48. The molecule has 7 heteroatoms. The Labute approximate surface area is 148 Å². The number of carbonyl (C=O) groups is 1. The van der Waals surface area contributed by atoms with Crippen LogP contribution in [0.3, 0.4) is 0 Å². The highest BCUT2D eigenvalue weighted by atomic mass is 19.1. The highest BCUT2D eigenvalue weighted by Gasteiger charge is 2.29. The monoisotopic (exact) mass is 355 g/mol. The molecule has 0 aliphatic heterocycles. The zero-order valence-corrected chi connectivity index (χ0v) is 14.3. The average Bonchev–Trinajstić information content (AvgIpc) is 3.08. The molecule has 1 atom stereocenters. The van der Waals surface area contributed by atoms with Crippen molar-refractivity contribution < 1.29 is 13.9 Å². The number of benzene rings is 1. The molecule has 134 valence electrons. The molecule has 3 aromatic rings. The van der Waals surface area contributed by atoms with Crippen molar-refractivity contribution in [3.63, 3.8) is 0 Å². The second kappa shape index (κ2) is 6.40. The lowest BCUT2D eigenvalue weighted by molar-refractivity contribution is -0.148. The minimum atomic E-state index is -0.398. The number of nitrogens with zero attached hydrogens (tertiary/aromatic N) is 2. The lowest BCUT2D eigenvalue weighted by Gasteiger charge is -2.22. The molecular weight excluding hydrogens is 337 g/mol. The SMILES string of the molecule is CCOC(=O)C1CCc2[nH]c(=O)n3cc(-c4ccccc4F)nc3c2C1. The van der Waals surface area contributed by atoms with Gasteiger partial charge in [-0.3, -0.25) is 9.20 Å². The molecule has 0 amide bonds. The maximum atomic E-state index is 14.1. The van der Waals surface area contributed by atoms with E-state index in [0.29, 0.717) is 42.8 Å². The number of H-pyrrole nitrogens is 1. The molecular formula is C19H18FN3O3. The van der Waals surface area contributed by atoms with E-state index in [1.54, 1.807) is 25.1 Å². The highest BCUT2D eigenvalue weighted by molar-refractivity contribution is 5.74. The lowest BCUT2D eigenvalue weighted by atomic mass is 9.87. The quantitative estimate of drug-likeness (QED) is 0.733. The van der Waals surface area contributed by atoms with E-state index in [-0.39, 0.29) is 17.6 Å². The maximum absolute atomic E-state index is 14.1. The minimum absolute atomic E-state index is 0.233. The molecule has 4 rings (SSSR count). The summed E-state index contributed by atoms with van der Waals surface area (Å²) in [6.45, 7) is 2.11. The fourth-order valence-corrected chi connectivity index (χ4v) is 3.50. The average molecular weight is 355 g/mol. The van der Waals surface area contributed by atoms with E-state index in [9.17, 15) is 14.0 Å². The Morgan fingerprint density at radius 2 is 2.23 bits per heavy atom. The van der Waals surface area contributed by atoms with Gasteiger partial charge < -0.3 is 9.72 Å². The first-order valence-corrected chi connectivity index (χ1v) is 8.63. The van der Waals surface area contributed by atoms with Crippen LogP contribution in [0.4, 0.5) is 4.39 Å². The Morgan fingerprint density at radius 3 is 3.00 bits per heavy atom. The van der Waals surface area contributed by atoms with Gasteiger partial charge >= 0.3 is 11.7 Å². The zero-order valence-electron chi connectivity index (χ0n) is 14.3. The Hall–Kier alpha value is -2.96. The number of ether oxygens (including phenoxy) is 1. The number of aromatic nitrogens is 3. The van der Waals surface area contributed by atoms with Crippen molar-refractivity contribution in [2.75, 3.05) is 6.61 Å². The van der Waals surface area contributed by atoms with E-state index in [0.717, 1.165) is 11.3 Å². The second-order valence-electron chi connectivity index (χ2n) is 6.38. The van der Waals surface area contributed by atoms with E-state index in [4.69, 9.17) is 4.74 Å². The fraction of sp³-hybridized carbons (Fsp3) is 0.316. The van der Waals surface area contributed by atoms with Gasteiger partial charge in [0.25, 0.3) is 0 Å². The minimum Gasteiger partial charge on any atom is -0.466 e. The van der Waals surface area contributed by atoms with Gasteiger partial charge in [0.1, 0.15) is 11.5 Å². The van der Waals surface area contributed by atoms with Crippen LogP contribution in [-0.2, 0) is 22.4 Å². The molecule has 1 aliphatic carbocycles. The summed E-state index contributed by atoms with van der Waals surface area (Å²) in [5, 5.41) is 0.